The number of phenols is 1. The van der Waals surface area contributed by atoms with Gasteiger partial charge in [-0.1, -0.05) is 0 Å². The number of nitrogens with zero attached hydrogens (tertiary/aromatic N) is 1. The third kappa shape index (κ3) is 2.00. The molecular formula is C13H11NO4. The van der Waals surface area contributed by atoms with Crippen molar-refractivity contribution in [3.63, 3.8) is 0 Å². The van der Waals surface area contributed by atoms with Gasteiger partial charge in [0.15, 0.2) is 0 Å². The number of carbonyl (C=O) groups is 2. The van der Waals surface area contributed by atoms with E-state index in [1.165, 1.54) is 23.1 Å². The van der Waals surface area contributed by atoms with E-state index in [1.54, 1.807) is 0 Å². The molecule has 1 aliphatic heterocycles. The molecule has 0 aromatic heterocycles. The van der Waals surface area contributed by atoms with Gasteiger partial charge in [0.25, 0.3) is 0 Å². The van der Waals surface area contributed by atoms with Crippen LogP contribution in [0, 0.1) is 18.3 Å². The van der Waals surface area contributed by atoms with Gasteiger partial charge in [-0.2, -0.15) is 0 Å². The van der Waals surface area contributed by atoms with Gasteiger partial charge in [0.1, 0.15) is 11.3 Å². The maximum Gasteiger partial charge on any atom is 0.339 e. The Labute approximate surface area is 104 Å². The number of aromatic carboxylic acids is 1. The normalized spacial score (nSPS) is 18.7. The molecule has 1 fully saturated rings. The van der Waals surface area contributed by atoms with Gasteiger partial charge in [-0.05, 0) is 12.1 Å². The van der Waals surface area contributed by atoms with E-state index in [9.17, 15) is 14.7 Å². The third-order valence-corrected chi connectivity index (χ3v) is 2.88. The number of terminal acetylenes is 1. The molecule has 1 aromatic carbocycles. The highest BCUT2D eigenvalue weighted by Gasteiger charge is 2.29. The number of hydrogen-bond donors (Lipinski definition) is 2. The van der Waals surface area contributed by atoms with Gasteiger partial charge in [0.2, 0.25) is 5.91 Å². The van der Waals surface area contributed by atoms with Crippen LogP contribution in [0.15, 0.2) is 18.2 Å². The Morgan fingerprint density at radius 1 is 1.50 bits per heavy atom. The van der Waals surface area contributed by atoms with E-state index in [1.807, 2.05) is 0 Å². The summed E-state index contributed by atoms with van der Waals surface area (Å²) in [6.07, 6.45) is 5.55. The fourth-order valence-corrected chi connectivity index (χ4v) is 1.94. The number of rotatable bonds is 2. The van der Waals surface area contributed by atoms with Crippen LogP contribution in [0.1, 0.15) is 16.8 Å². The molecule has 0 aliphatic carbocycles. The maximum atomic E-state index is 11.7. The van der Waals surface area contributed by atoms with Crippen LogP contribution in [0.4, 0.5) is 5.69 Å². The number of carboxylic acids is 1. The van der Waals surface area contributed by atoms with Gasteiger partial charge in [-0.3, -0.25) is 4.79 Å². The second-order valence-corrected chi connectivity index (χ2v) is 4.08. The van der Waals surface area contributed by atoms with Crippen LogP contribution in [0.25, 0.3) is 0 Å². The first-order valence-corrected chi connectivity index (χ1v) is 5.35. The van der Waals surface area contributed by atoms with Crippen molar-refractivity contribution in [1.29, 1.82) is 0 Å². The Morgan fingerprint density at radius 3 is 2.72 bits per heavy atom. The van der Waals surface area contributed by atoms with Crippen LogP contribution >= 0.6 is 0 Å². The Bertz CT molecular complexity index is 559. The van der Waals surface area contributed by atoms with E-state index in [2.05, 4.69) is 5.92 Å². The van der Waals surface area contributed by atoms with E-state index < -0.39 is 5.97 Å². The predicted octanol–water partition coefficient (Wildman–Crippen LogP) is 1.08. The van der Waals surface area contributed by atoms with E-state index in [4.69, 9.17) is 11.5 Å². The molecule has 5 heteroatoms. The Hall–Kier alpha value is -2.48. The quantitative estimate of drug-likeness (QED) is 0.764. The molecule has 1 atom stereocenters. The van der Waals surface area contributed by atoms with Gasteiger partial charge in [0, 0.05) is 30.6 Å². The summed E-state index contributed by atoms with van der Waals surface area (Å²) in [6.45, 7) is 0.390. The Kier molecular flexibility index (Phi) is 2.94. The largest absolute Gasteiger partial charge is 0.507 e. The first-order valence-electron chi connectivity index (χ1n) is 5.35. The smallest absolute Gasteiger partial charge is 0.339 e. The molecule has 2 rings (SSSR count). The number of amides is 1. The number of anilines is 1. The van der Waals surface area contributed by atoms with Crippen LogP contribution in [0.5, 0.6) is 5.75 Å². The van der Waals surface area contributed by atoms with Gasteiger partial charge >= 0.3 is 5.97 Å². The van der Waals surface area contributed by atoms with Gasteiger partial charge in [-0.25, -0.2) is 4.79 Å². The summed E-state index contributed by atoms with van der Waals surface area (Å²) in [4.78, 5) is 23.9. The molecule has 18 heavy (non-hydrogen) atoms. The van der Waals surface area contributed by atoms with Crippen LogP contribution in [0.3, 0.4) is 0 Å². The van der Waals surface area contributed by atoms with Crippen molar-refractivity contribution >= 4 is 17.6 Å². The number of benzene rings is 1. The zero-order valence-corrected chi connectivity index (χ0v) is 9.46. The predicted molar refractivity (Wildman–Crippen MR) is 64.4 cm³/mol. The average Bonchev–Trinajstić information content (AvgIpc) is 2.70. The second kappa shape index (κ2) is 4.41. The molecule has 1 heterocycles. The summed E-state index contributed by atoms with van der Waals surface area (Å²) in [5.41, 5.74) is 0.263. The molecule has 1 amide bonds. The van der Waals surface area contributed by atoms with E-state index in [0.717, 1.165) is 0 Å². The monoisotopic (exact) mass is 245 g/mol. The summed E-state index contributed by atoms with van der Waals surface area (Å²) < 4.78 is 0. The molecule has 1 aromatic rings. The average molecular weight is 245 g/mol. The number of carboxylic acid groups (broad SMARTS) is 1. The second-order valence-electron chi connectivity index (χ2n) is 4.08. The molecule has 1 saturated heterocycles. The third-order valence-electron chi connectivity index (χ3n) is 2.88. The van der Waals surface area contributed by atoms with Crippen molar-refractivity contribution < 1.29 is 19.8 Å². The van der Waals surface area contributed by atoms with Crippen LogP contribution in [0.2, 0.25) is 0 Å². The Morgan fingerprint density at radius 2 is 2.22 bits per heavy atom. The molecule has 1 unspecified atom stereocenters. The molecule has 2 N–H and O–H groups in total. The van der Waals surface area contributed by atoms with E-state index in [0.29, 0.717) is 12.2 Å². The lowest BCUT2D eigenvalue weighted by Gasteiger charge is -2.16. The van der Waals surface area contributed by atoms with Crippen molar-refractivity contribution in [3.8, 4) is 18.1 Å². The summed E-state index contributed by atoms with van der Waals surface area (Å²) in [7, 11) is 0. The standard InChI is InChI=1S/C13H11NO4/c1-2-8-5-12(16)14(7-8)9-3-4-10(13(17)18)11(15)6-9/h1,3-4,6,8,15H,5,7H2,(H,17,18). The van der Waals surface area contributed by atoms with Crippen molar-refractivity contribution in [2.75, 3.05) is 11.4 Å². The van der Waals surface area contributed by atoms with Crippen molar-refractivity contribution in [1.82, 2.24) is 0 Å². The molecule has 5 nitrogen and oxygen atoms in total. The minimum atomic E-state index is -1.21. The lowest BCUT2D eigenvalue weighted by Crippen LogP contribution is -2.24. The van der Waals surface area contributed by atoms with Crippen molar-refractivity contribution in [2.45, 2.75) is 6.42 Å². The van der Waals surface area contributed by atoms with Crippen LogP contribution in [-0.4, -0.2) is 28.6 Å². The lowest BCUT2D eigenvalue weighted by atomic mass is 10.1. The van der Waals surface area contributed by atoms with Crippen molar-refractivity contribution in [3.05, 3.63) is 23.8 Å². The summed E-state index contributed by atoms with van der Waals surface area (Å²) in [6, 6.07) is 4.02. The molecule has 0 bridgehead atoms. The number of hydrogen-bond acceptors (Lipinski definition) is 3. The molecule has 1 aliphatic rings. The zero-order valence-electron chi connectivity index (χ0n) is 9.46. The first-order chi connectivity index (χ1) is 8.52. The van der Waals surface area contributed by atoms with E-state index in [-0.39, 0.29) is 29.6 Å². The van der Waals surface area contributed by atoms with Gasteiger partial charge < -0.3 is 15.1 Å². The molecule has 0 radical (unpaired) electrons. The fraction of sp³-hybridized carbons (Fsp3) is 0.231. The molecule has 0 spiro atoms. The molecule has 0 saturated carbocycles. The maximum absolute atomic E-state index is 11.7. The van der Waals surface area contributed by atoms with Gasteiger partial charge in [0.05, 0.1) is 0 Å². The number of carbonyl (C=O) groups excluding carboxylic acids is 1. The highest BCUT2D eigenvalue weighted by molar-refractivity contribution is 5.97. The van der Waals surface area contributed by atoms with Gasteiger partial charge in [-0.15, -0.1) is 12.3 Å². The van der Waals surface area contributed by atoms with Crippen LogP contribution < -0.4 is 4.90 Å². The number of aromatic hydroxyl groups is 1. The topological polar surface area (TPSA) is 77.8 Å². The van der Waals surface area contributed by atoms with Crippen LogP contribution in [-0.2, 0) is 4.79 Å². The molecular weight excluding hydrogens is 234 g/mol. The minimum absolute atomic E-state index is 0.125. The first kappa shape index (κ1) is 12.0. The zero-order chi connectivity index (χ0) is 13.3. The van der Waals surface area contributed by atoms with E-state index >= 15 is 0 Å². The summed E-state index contributed by atoms with van der Waals surface area (Å²) in [5.74, 6) is 0.676. The van der Waals surface area contributed by atoms with Crippen molar-refractivity contribution in [2.24, 2.45) is 5.92 Å². The fourth-order valence-electron chi connectivity index (χ4n) is 1.94. The summed E-state index contributed by atoms with van der Waals surface area (Å²) in [5, 5.41) is 18.4. The lowest BCUT2D eigenvalue weighted by molar-refractivity contribution is -0.117. The summed E-state index contributed by atoms with van der Waals surface area (Å²) >= 11 is 0. The highest BCUT2D eigenvalue weighted by Crippen LogP contribution is 2.29. The minimum Gasteiger partial charge on any atom is -0.507 e. The SMILES string of the molecule is C#CC1CC(=O)N(c2ccc(C(=O)O)c(O)c2)C1. The Balaban J connectivity index is 2.31. The molecule has 92 valence electrons. The highest BCUT2D eigenvalue weighted by atomic mass is 16.4.